The highest BCUT2D eigenvalue weighted by atomic mass is 35.5. The maximum absolute atomic E-state index is 12.8. The van der Waals surface area contributed by atoms with Crippen LogP contribution < -0.4 is 5.43 Å². The third-order valence-electron chi connectivity index (χ3n) is 4.23. The van der Waals surface area contributed by atoms with E-state index in [2.05, 4.69) is 10.1 Å². The van der Waals surface area contributed by atoms with Crippen LogP contribution in [0, 0.1) is 0 Å². The van der Waals surface area contributed by atoms with E-state index in [0.717, 1.165) is 17.1 Å². The lowest BCUT2D eigenvalue weighted by Crippen LogP contribution is -2.24. The summed E-state index contributed by atoms with van der Waals surface area (Å²) >= 11 is 12.0. The Morgan fingerprint density at radius 1 is 1.20 bits per heavy atom. The molecule has 0 bridgehead atoms. The normalized spacial score (nSPS) is 11.7. The van der Waals surface area contributed by atoms with Gasteiger partial charge in [-0.2, -0.15) is 13.2 Å². The van der Waals surface area contributed by atoms with E-state index >= 15 is 0 Å². The minimum absolute atomic E-state index is 0.0576. The van der Waals surface area contributed by atoms with Crippen LogP contribution in [0.5, 0.6) is 0 Å². The zero-order valence-electron chi connectivity index (χ0n) is 15.2. The average molecular weight is 461 g/mol. The van der Waals surface area contributed by atoms with Gasteiger partial charge in [0.05, 0.1) is 22.3 Å². The van der Waals surface area contributed by atoms with E-state index in [-0.39, 0.29) is 34.5 Å². The Hall–Kier alpha value is -2.85. The molecule has 3 rings (SSSR count). The van der Waals surface area contributed by atoms with Crippen LogP contribution in [0.25, 0.3) is 11.3 Å². The number of hydrogen-bond acceptors (Lipinski definition) is 4. The fraction of sp³-hybridized carbons (Fsp3) is 0.222. The number of carbonyl (C=O) groups is 1. The highest BCUT2D eigenvalue weighted by Gasteiger charge is 2.35. The molecule has 2 aromatic heterocycles. The summed E-state index contributed by atoms with van der Waals surface area (Å²) in [6.07, 6.45) is -3.83. The number of halogens is 5. The van der Waals surface area contributed by atoms with Gasteiger partial charge in [0.15, 0.2) is 5.43 Å². The largest absolute Gasteiger partial charge is 0.477 e. The summed E-state index contributed by atoms with van der Waals surface area (Å²) in [6.45, 7) is 1.68. The van der Waals surface area contributed by atoms with Crippen LogP contribution in [0.1, 0.15) is 28.8 Å². The number of nitrogens with zero attached hydrogens (tertiary/aromatic N) is 4. The van der Waals surface area contributed by atoms with Gasteiger partial charge in [0, 0.05) is 23.9 Å². The number of pyridine rings is 1. The van der Waals surface area contributed by atoms with Crippen molar-refractivity contribution in [3.63, 3.8) is 0 Å². The third kappa shape index (κ3) is 4.19. The van der Waals surface area contributed by atoms with Crippen molar-refractivity contribution in [3.05, 3.63) is 67.9 Å². The predicted octanol–water partition coefficient (Wildman–Crippen LogP) is 4.20. The van der Waals surface area contributed by atoms with Crippen molar-refractivity contribution in [3.8, 4) is 11.3 Å². The van der Waals surface area contributed by atoms with Gasteiger partial charge < -0.3 is 9.67 Å². The van der Waals surface area contributed by atoms with E-state index in [1.54, 1.807) is 6.92 Å². The molecule has 30 heavy (non-hydrogen) atoms. The fourth-order valence-electron chi connectivity index (χ4n) is 3.01. The summed E-state index contributed by atoms with van der Waals surface area (Å²) in [5.41, 5.74) is -0.681. The number of benzene rings is 1. The number of carboxylic acid groups (broad SMARTS) is 1. The molecular weight excluding hydrogens is 448 g/mol. The molecular formula is C18H13Cl2F3N4O3. The van der Waals surface area contributed by atoms with E-state index in [0.29, 0.717) is 5.56 Å². The summed E-state index contributed by atoms with van der Waals surface area (Å²) in [5, 5.41) is 13.4. The van der Waals surface area contributed by atoms with Gasteiger partial charge in [-0.25, -0.2) is 14.5 Å². The molecule has 0 amide bonds. The highest BCUT2D eigenvalue weighted by molar-refractivity contribution is 6.42. The Bertz CT molecular complexity index is 1190. The molecule has 12 heteroatoms. The van der Waals surface area contributed by atoms with E-state index in [9.17, 15) is 27.9 Å². The van der Waals surface area contributed by atoms with Crippen LogP contribution in [0.15, 0.2) is 35.4 Å². The molecule has 0 aliphatic rings. The van der Waals surface area contributed by atoms with Crippen LogP contribution in [0.4, 0.5) is 13.2 Å². The molecule has 0 saturated heterocycles. The Balaban J connectivity index is 2.21. The molecule has 1 N–H and O–H groups in total. The molecule has 7 nitrogen and oxygen atoms in total. The van der Waals surface area contributed by atoms with Crippen molar-refractivity contribution < 1.29 is 23.1 Å². The average Bonchev–Trinajstić information content (AvgIpc) is 3.12. The van der Waals surface area contributed by atoms with Crippen molar-refractivity contribution in [1.29, 1.82) is 0 Å². The lowest BCUT2D eigenvalue weighted by molar-refractivity contribution is -0.145. The molecule has 0 radical (unpaired) electrons. The molecule has 0 aliphatic carbocycles. The number of carboxylic acids is 1. The molecule has 0 unspecified atom stereocenters. The lowest BCUT2D eigenvalue weighted by atomic mass is 10.0. The first-order chi connectivity index (χ1) is 14.0. The van der Waals surface area contributed by atoms with E-state index < -0.39 is 29.0 Å². The van der Waals surface area contributed by atoms with Gasteiger partial charge in [-0.05, 0) is 19.1 Å². The van der Waals surface area contributed by atoms with Crippen LogP contribution >= 0.6 is 23.2 Å². The summed E-state index contributed by atoms with van der Waals surface area (Å²) in [5.74, 6) is -2.77. The number of hydrogen-bond donors (Lipinski definition) is 1. The molecule has 158 valence electrons. The van der Waals surface area contributed by atoms with Gasteiger partial charge in [0.1, 0.15) is 11.9 Å². The van der Waals surface area contributed by atoms with Crippen molar-refractivity contribution in [1.82, 2.24) is 19.3 Å². The molecule has 1 aromatic carbocycles. The van der Waals surface area contributed by atoms with E-state index in [1.165, 1.54) is 22.8 Å². The lowest BCUT2D eigenvalue weighted by Gasteiger charge is -2.20. The fourth-order valence-corrected chi connectivity index (χ4v) is 3.30. The maximum atomic E-state index is 12.8. The number of aromatic carboxylic acids is 1. The Morgan fingerprint density at radius 2 is 1.90 bits per heavy atom. The molecule has 2 heterocycles. The quantitative estimate of drug-likeness (QED) is 0.616. The summed E-state index contributed by atoms with van der Waals surface area (Å²) in [6, 6.07) is 5.43. The summed E-state index contributed by atoms with van der Waals surface area (Å²) in [7, 11) is 0. The second-order valence-electron chi connectivity index (χ2n) is 6.17. The molecule has 0 fully saturated rings. The van der Waals surface area contributed by atoms with Crippen molar-refractivity contribution in [2.24, 2.45) is 0 Å². The van der Waals surface area contributed by atoms with Gasteiger partial charge in [-0.3, -0.25) is 4.79 Å². The number of alkyl halides is 3. The van der Waals surface area contributed by atoms with E-state index in [4.69, 9.17) is 23.2 Å². The van der Waals surface area contributed by atoms with Crippen LogP contribution in [0.2, 0.25) is 10.0 Å². The molecule has 0 aliphatic heterocycles. The Morgan fingerprint density at radius 3 is 2.43 bits per heavy atom. The first-order valence-corrected chi connectivity index (χ1v) is 9.20. The second kappa shape index (κ2) is 8.11. The smallest absolute Gasteiger partial charge is 0.453 e. The molecule has 0 atom stereocenters. The maximum Gasteiger partial charge on any atom is 0.453 e. The van der Waals surface area contributed by atoms with Gasteiger partial charge in [-0.1, -0.05) is 29.3 Å². The molecule has 0 saturated carbocycles. The number of rotatable bonds is 5. The monoisotopic (exact) mass is 460 g/mol. The predicted molar refractivity (Wildman–Crippen MR) is 103 cm³/mol. The Labute approximate surface area is 177 Å². The minimum atomic E-state index is -4.71. The second-order valence-corrected chi connectivity index (χ2v) is 6.98. The van der Waals surface area contributed by atoms with Crippen LogP contribution in [0.3, 0.4) is 0 Å². The number of aromatic nitrogens is 4. The summed E-state index contributed by atoms with van der Waals surface area (Å²) in [4.78, 5) is 27.6. The van der Waals surface area contributed by atoms with Gasteiger partial charge in [-0.15, -0.1) is 5.10 Å². The first kappa shape index (κ1) is 21.8. The summed E-state index contributed by atoms with van der Waals surface area (Å²) < 4.78 is 40.7. The van der Waals surface area contributed by atoms with Crippen molar-refractivity contribution in [2.75, 3.05) is 0 Å². The van der Waals surface area contributed by atoms with Crippen LogP contribution in [-0.4, -0.2) is 30.4 Å². The van der Waals surface area contributed by atoms with Crippen LogP contribution in [-0.2, 0) is 19.3 Å². The highest BCUT2D eigenvalue weighted by Crippen LogP contribution is 2.31. The molecule has 3 aromatic rings. The standard InChI is InChI=1S/C18H13Cl2F3N4O3/c1-2-27-10(7-26-8-24-17(25-26)18(21,22)23)6-13(28)14(16(29)30)15(27)9-3-4-11(19)12(20)5-9/h3-6,8H,2,7H2,1H3,(H,29,30). The SMILES string of the molecule is CCn1c(Cn2cnc(C(F)(F)F)n2)cc(=O)c(C(=O)O)c1-c1ccc(Cl)c(Cl)c1. The zero-order valence-corrected chi connectivity index (χ0v) is 16.8. The van der Waals surface area contributed by atoms with Crippen molar-refractivity contribution in [2.45, 2.75) is 26.2 Å². The van der Waals surface area contributed by atoms with E-state index in [1.807, 2.05) is 0 Å². The zero-order chi connectivity index (χ0) is 22.2. The first-order valence-electron chi connectivity index (χ1n) is 8.45. The molecule has 0 spiro atoms. The van der Waals surface area contributed by atoms with Gasteiger partial charge in [0.25, 0.3) is 5.82 Å². The van der Waals surface area contributed by atoms with Crippen molar-refractivity contribution >= 4 is 29.2 Å². The Kier molecular flexibility index (Phi) is 5.91. The minimum Gasteiger partial charge on any atom is -0.477 e. The van der Waals surface area contributed by atoms with Gasteiger partial charge >= 0.3 is 12.1 Å². The topological polar surface area (TPSA) is 90.0 Å². The third-order valence-corrected chi connectivity index (χ3v) is 4.97. The van der Waals surface area contributed by atoms with Gasteiger partial charge in [0.2, 0.25) is 0 Å².